The van der Waals surface area contributed by atoms with Gasteiger partial charge in [0.1, 0.15) is 5.82 Å². The molecule has 0 aromatic carbocycles. The van der Waals surface area contributed by atoms with Crippen LogP contribution in [-0.2, 0) is 21.6 Å². The van der Waals surface area contributed by atoms with Crippen LogP contribution in [0.3, 0.4) is 0 Å². The second kappa shape index (κ2) is 4.95. The molecule has 2 rings (SSSR count). The first kappa shape index (κ1) is 12.8. The van der Waals surface area contributed by atoms with Gasteiger partial charge in [-0.25, -0.2) is 8.42 Å². The molecule has 8 heteroatoms. The van der Waals surface area contributed by atoms with E-state index in [0.717, 1.165) is 11.0 Å². The molecule has 1 aromatic rings. The molecular formula is C9H15N3O3S2. The number of methoxy groups -OCH3 is 1. The molecule has 0 amide bonds. The average Bonchev–Trinajstić information content (AvgIpc) is 2.79. The molecule has 0 unspecified atom stereocenters. The van der Waals surface area contributed by atoms with Gasteiger partial charge in [-0.3, -0.25) is 0 Å². The summed E-state index contributed by atoms with van der Waals surface area (Å²) in [6.45, 7) is 0. The van der Waals surface area contributed by atoms with Crippen molar-refractivity contribution < 1.29 is 13.2 Å². The van der Waals surface area contributed by atoms with E-state index in [9.17, 15) is 8.42 Å². The summed E-state index contributed by atoms with van der Waals surface area (Å²) < 4.78 is 29.7. The topological polar surface area (TPSA) is 74.1 Å². The van der Waals surface area contributed by atoms with Crippen LogP contribution in [0, 0.1) is 0 Å². The maximum Gasteiger partial charge on any atom is 0.193 e. The summed E-state index contributed by atoms with van der Waals surface area (Å²) in [6, 6.07) is 0. The molecule has 0 N–H and O–H groups in total. The predicted molar refractivity (Wildman–Crippen MR) is 64.7 cm³/mol. The molecule has 1 saturated heterocycles. The van der Waals surface area contributed by atoms with Crippen LogP contribution >= 0.6 is 11.8 Å². The van der Waals surface area contributed by atoms with E-state index in [1.807, 2.05) is 11.6 Å². The summed E-state index contributed by atoms with van der Waals surface area (Å²) in [7, 11) is 0.598. The third-order valence-corrected chi connectivity index (χ3v) is 5.51. The Bertz CT molecular complexity index is 498. The minimum absolute atomic E-state index is 0.0191. The normalized spacial score (nSPS) is 23.1. The summed E-state index contributed by atoms with van der Waals surface area (Å²) in [4.78, 5) is 0. The van der Waals surface area contributed by atoms with Crippen molar-refractivity contribution in [2.75, 3.05) is 24.6 Å². The predicted octanol–water partition coefficient (Wildman–Crippen LogP) is 0.413. The number of aromatic nitrogens is 3. The first-order valence-corrected chi connectivity index (χ1v) is 8.05. The van der Waals surface area contributed by atoms with Gasteiger partial charge in [0.15, 0.2) is 15.0 Å². The lowest BCUT2D eigenvalue weighted by Gasteiger charge is -2.07. The molecule has 0 spiro atoms. The highest BCUT2D eigenvalue weighted by atomic mass is 32.2. The molecule has 0 bridgehead atoms. The first-order chi connectivity index (χ1) is 8.03. The third kappa shape index (κ3) is 2.80. The van der Waals surface area contributed by atoms with Gasteiger partial charge in [0, 0.05) is 20.1 Å². The van der Waals surface area contributed by atoms with Crippen LogP contribution in [0.1, 0.15) is 18.2 Å². The second-order valence-electron chi connectivity index (χ2n) is 4.05. The molecule has 1 aliphatic rings. The van der Waals surface area contributed by atoms with E-state index in [1.165, 1.54) is 11.8 Å². The molecule has 0 radical (unpaired) electrons. The van der Waals surface area contributed by atoms with Crippen LogP contribution in [-0.4, -0.2) is 47.7 Å². The van der Waals surface area contributed by atoms with Gasteiger partial charge >= 0.3 is 0 Å². The van der Waals surface area contributed by atoms with Gasteiger partial charge in [-0.1, -0.05) is 11.8 Å². The molecule has 1 fully saturated rings. The molecule has 96 valence electrons. The highest BCUT2D eigenvalue weighted by Crippen LogP contribution is 2.29. The standard InChI is InChI=1S/C9H15N3O3S2/c1-12-8(7-3-4-17(13,14)5-7)10-11-9(12)16-6-15-2/h7H,3-6H2,1-2H3/t7-/m1/s1. The van der Waals surface area contributed by atoms with Gasteiger partial charge in [-0.05, 0) is 6.42 Å². The zero-order chi connectivity index (χ0) is 12.5. The third-order valence-electron chi connectivity index (χ3n) is 2.77. The van der Waals surface area contributed by atoms with Crippen molar-refractivity contribution in [2.24, 2.45) is 7.05 Å². The van der Waals surface area contributed by atoms with E-state index in [-0.39, 0.29) is 17.4 Å². The van der Waals surface area contributed by atoms with Crippen LogP contribution in [0.4, 0.5) is 0 Å². The van der Waals surface area contributed by atoms with Crippen LogP contribution in [0.25, 0.3) is 0 Å². The van der Waals surface area contributed by atoms with E-state index < -0.39 is 9.84 Å². The molecule has 1 aromatic heterocycles. The summed E-state index contributed by atoms with van der Waals surface area (Å²) in [6.07, 6.45) is 0.642. The fourth-order valence-corrected chi connectivity index (χ4v) is 4.27. The zero-order valence-electron chi connectivity index (χ0n) is 9.79. The minimum Gasteiger partial charge on any atom is -0.374 e. The maximum atomic E-state index is 11.4. The molecule has 0 saturated carbocycles. The lowest BCUT2D eigenvalue weighted by molar-refractivity contribution is 0.258. The number of sulfone groups is 1. The molecule has 0 aliphatic carbocycles. The highest BCUT2D eigenvalue weighted by molar-refractivity contribution is 7.99. The Hall–Kier alpha value is -0.600. The van der Waals surface area contributed by atoms with Gasteiger partial charge in [-0.2, -0.15) is 0 Å². The van der Waals surface area contributed by atoms with Crippen molar-refractivity contribution in [3.05, 3.63) is 5.82 Å². The van der Waals surface area contributed by atoms with Crippen LogP contribution in [0.2, 0.25) is 0 Å². The second-order valence-corrected chi connectivity index (χ2v) is 7.17. The van der Waals surface area contributed by atoms with Gasteiger partial charge < -0.3 is 9.30 Å². The maximum absolute atomic E-state index is 11.4. The smallest absolute Gasteiger partial charge is 0.193 e. The summed E-state index contributed by atoms with van der Waals surface area (Å²) in [5.74, 6) is 1.69. The van der Waals surface area contributed by atoms with E-state index in [0.29, 0.717) is 12.4 Å². The Labute approximate surface area is 105 Å². The van der Waals surface area contributed by atoms with Crippen LogP contribution < -0.4 is 0 Å². The number of nitrogens with zero attached hydrogens (tertiary/aromatic N) is 3. The van der Waals surface area contributed by atoms with Crippen LogP contribution in [0.5, 0.6) is 0 Å². The molecule has 2 heterocycles. The Kier molecular flexibility index (Phi) is 3.74. The van der Waals surface area contributed by atoms with Crippen molar-refractivity contribution in [1.82, 2.24) is 14.8 Å². The SMILES string of the molecule is COCSc1nnc([C@@H]2CCS(=O)(=O)C2)n1C. The van der Waals surface area contributed by atoms with Gasteiger partial charge in [-0.15, -0.1) is 10.2 Å². The lowest BCUT2D eigenvalue weighted by Crippen LogP contribution is -2.09. The number of rotatable bonds is 4. The number of hydrogen-bond donors (Lipinski definition) is 0. The number of ether oxygens (including phenoxy) is 1. The van der Waals surface area contributed by atoms with Crippen molar-refractivity contribution in [3.63, 3.8) is 0 Å². The summed E-state index contributed by atoms with van der Waals surface area (Å²) in [5, 5.41) is 8.89. The quantitative estimate of drug-likeness (QED) is 0.586. The molecule has 1 atom stereocenters. The Morgan fingerprint density at radius 3 is 2.88 bits per heavy atom. The molecule has 17 heavy (non-hydrogen) atoms. The van der Waals surface area contributed by atoms with E-state index in [4.69, 9.17) is 4.74 Å². The Morgan fingerprint density at radius 1 is 1.53 bits per heavy atom. The van der Waals surface area contributed by atoms with Crippen molar-refractivity contribution in [3.8, 4) is 0 Å². The van der Waals surface area contributed by atoms with Gasteiger partial charge in [0.05, 0.1) is 17.4 Å². The van der Waals surface area contributed by atoms with E-state index in [2.05, 4.69) is 10.2 Å². The highest BCUT2D eigenvalue weighted by Gasteiger charge is 2.32. The number of thioether (sulfide) groups is 1. The molecule has 6 nitrogen and oxygen atoms in total. The fourth-order valence-electron chi connectivity index (χ4n) is 1.92. The van der Waals surface area contributed by atoms with Gasteiger partial charge in [0.25, 0.3) is 0 Å². The lowest BCUT2D eigenvalue weighted by atomic mass is 10.1. The number of hydrogen-bond acceptors (Lipinski definition) is 6. The summed E-state index contributed by atoms with van der Waals surface area (Å²) >= 11 is 1.44. The average molecular weight is 277 g/mol. The Morgan fingerprint density at radius 2 is 2.29 bits per heavy atom. The van der Waals surface area contributed by atoms with Crippen molar-refractivity contribution in [2.45, 2.75) is 17.5 Å². The van der Waals surface area contributed by atoms with E-state index in [1.54, 1.807) is 7.11 Å². The molecule has 1 aliphatic heterocycles. The fraction of sp³-hybridized carbons (Fsp3) is 0.778. The first-order valence-electron chi connectivity index (χ1n) is 5.25. The largest absolute Gasteiger partial charge is 0.374 e. The molecular weight excluding hydrogens is 262 g/mol. The van der Waals surface area contributed by atoms with Crippen molar-refractivity contribution >= 4 is 21.6 Å². The summed E-state index contributed by atoms with van der Waals surface area (Å²) in [5.41, 5.74) is 0. The van der Waals surface area contributed by atoms with Gasteiger partial charge in [0.2, 0.25) is 0 Å². The monoisotopic (exact) mass is 277 g/mol. The van der Waals surface area contributed by atoms with Crippen molar-refractivity contribution in [1.29, 1.82) is 0 Å². The van der Waals surface area contributed by atoms with E-state index >= 15 is 0 Å². The zero-order valence-corrected chi connectivity index (χ0v) is 11.4. The Balaban J connectivity index is 2.15. The van der Waals surface area contributed by atoms with Crippen LogP contribution in [0.15, 0.2) is 5.16 Å². The minimum atomic E-state index is -2.88.